The van der Waals surface area contributed by atoms with E-state index in [-0.39, 0.29) is 45.9 Å². The molecule has 0 bridgehead atoms. The van der Waals surface area contributed by atoms with Gasteiger partial charge in [-0.1, -0.05) is 47.5 Å². The Morgan fingerprint density at radius 3 is 2.37 bits per heavy atom. The number of rotatable bonds is 11. The summed E-state index contributed by atoms with van der Waals surface area (Å²) < 4.78 is 117. The molecule has 1 saturated carbocycles. The van der Waals surface area contributed by atoms with Crippen LogP contribution >= 0.6 is 23.2 Å². The van der Waals surface area contributed by atoms with Gasteiger partial charge in [0, 0.05) is 58.1 Å². The average molecular weight is 849 g/mol. The Hall–Kier alpha value is -5.13. The Balaban J connectivity index is 1.29. The number of hydrogen-bond donors (Lipinski definition) is 2. The van der Waals surface area contributed by atoms with E-state index in [1.54, 1.807) is 43.4 Å². The minimum absolute atomic E-state index is 0.0307. The summed E-state index contributed by atoms with van der Waals surface area (Å²) in [6.45, 7) is -0.890. The summed E-state index contributed by atoms with van der Waals surface area (Å²) in [7, 11) is -2.28. The molecule has 10 nitrogen and oxygen atoms in total. The lowest BCUT2D eigenvalue weighted by Crippen LogP contribution is -2.35. The van der Waals surface area contributed by atoms with Crippen molar-refractivity contribution in [3.8, 4) is 22.3 Å². The molecular weight excluding hydrogens is 819 g/mol. The van der Waals surface area contributed by atoms with Crippen molar-refractivity contribution in [1.29, 1.82) is 0 Å². The zero-order valence-corrected chi connectivity index (χ0v) is 32.0. The highest BCUT2D eigenvalue weighted by Gasteiger charge is 2.67. The smallest absolute Gasteiger partial charge is 0.293 e. The van der Waals surface area contributed by atoms with Crippen LogP contribution in [0.5, 0.6) is 0 Å². The standard InChI is InChI=1S/C38H29Cl2F6N7O3S/c1-52-34-22(7-8-27(40)31(34)37(50-52)51-57(2,55)56)23-12-18(21-5-3-4-6-26(21)39)15-47-32(23)28(11-17-9-19(41)13-20(42)10-17)48-29(54)16-53-35-30(33(49-53)36(43)44)24-14-25(24)38(35,45)46/h3-10,12-13,15,24-25,28,36H,11,14,16H2,1-2H3,(H,48,54)(H,50,51). The van der Waals surface area contributed by atoms with E-state index in [2.05, 4.69) is 20.2 Å². The quantitative estimate of drug-likeness (QED) is 0.126. The van der Waals surface area contributed by atoms with Crippen LogP contribution < -0.4 is 10.0 Å². The van der Waals surface area contributed by atoms with E-state index in [1.165, 1.54) is 16.9 Å². The van der Waals surface area contributed by atoms with Crippen molar-refractivity contribution in [3.05, 3.63) is 117 Å². The molecule has 1 amide bonds. The van der Waals surface area contributed by atoms with Crippen LogP contribution in [0.15, 0.2) is 66.9 Å². The van der Waals surface area contributed by atoms with E-state index in [0.717, 1.165) is 18.4 Å². The molecule has 2 aliphatic rings. The summed E-state index contributed by atoms with van der Waals surface area (Å²) in [5, 5.41) is 11.6. The fourth-order valence-electron chi connectivity index (χ4n) is 7.79. The van der Waals surface area contributed by atoms with Crippen molar-refractivity contribution in [2.24, 2.45) is 13.0 Å². The lowest BCUT2D eigenvalue weighted by Gasteiger charge is -2.23. The normalized spacial score (nSPS) is 17.5. The molecule has 3 unspecified atom stereocenters. The molecule has 296 valence electrons. The minimum Gasteiger partial charge on any atom is -0.346 e. The van der Waals surface area contributed by atoms with Gasteiger partial charge in [0.15, 0.2) is 5.82 Å². The molecule has 2 N–H and O–H groups in total. The summed E-state index contributed by atoms with van der Waals surface area (Å²) in [6.07, 6.45) is -1.02. The van der Waals surface area contributed by atoms with Crippen molar-refractivity contribution in [2.75, 3.05) is 11.0 Å². The number of hydrogen-bond acceptors (Lipinski definition) is 6. The zero-order valence-electron chi connectivity index (χ0n) is 29.7. The number of carbonyl (C=O) groups is 1. The number of nitrogens with zero attached hydrogens (tertiary/aromatic N) is 5. The minimum atomic E-state index is -3.83. The third-order valence-corrected chi connectivity index (χ3v) is 11.3. The Morgan fingerprint density at radius 1 is 0.965 bits per heavy atom. The van der Waals surface area contributed by atoms with Crippen LogP contribution in [0.25, 0.3) is 33.2 Å². The number of pyridine rings is 1. The first-order chi connectivity index (χ1) is 26.9. The van der Waals surface area contributed by atoms with Crippen LogP contribution in [-0.2, 0) is 40.8 Å². The molecule has 3 aromatic carbocycles. The first-order valence-electron chi connectivity index (χ1n) is 17.3. The predicted octanol–water partition coefficient (Wildman–Crippen LogP) is 8.70. The molecule has 0 saturated heterocycles. The van der Waals surface area contributed by atoms with E-state index in [1.807, 2.05) is 0 Å². The first kappa shape index (κ1) is 38.7. The van der Waals surface area contributed by atoms with Crippen molar-refractivity contribution in [2.45, 2.75) is 43.7 Å². The van der Waals surface area contributed by atoms with Gasteiger partial charge in [-0.3, -0.25) is 23.9 Å². The number of amides is 1. The first-order valence-corrected chi connectivity index (χ1v) is 20.0. The van der Waals surface area contributed by atoms with Gasteiger partial charge in [-0.2, -0.15) is 19.0 Å². The molecule has 57 heavy (non-hydrogen) atoms. The summed E-state index contributed by atoms with van der Waals surface area (Å²) >= 11 is 13.2. The Kier molecular flexibility index (Phi) is 9.55. The molecule has 3 heterocycles. The van der Waals surface area contributed by atoms with Crippen LogP contribution in [0.3, 0.4) is 0 Å². The Bertz CT molecular complexity index is 2720. The highest BCUT2D eigenvalue weighted by molar-refractivity contribution is 7.92. The molecule has 6 aromatic rings. The highest BCUT2D eigenvalue weighted by Crippen LogP contribution is 2.68. The van der Waals surface area contributed by atoms with E-state index in [4.69, 9.17) is 28.2 Å². The maximum absolute atomic E-state index is 15.4. The van der Waals surface area contributed by atoms with E-state index >= 15 is 8.78 Å². The van der Waals surface area contributed by atoms with Crippen molar-refractivity contribution >= 4 is 55.9 Å². The topological polar surface area (TPSA) is 124 Å². The van der Waals surface area contributed by atoms with Crippen LogP contribution in [0.2, 0.25) is 10.0 Å². The monoisotopic (exact) mass is 847 g/mol. The van der Waals surface area contributed by atoms with Crippen LogP contribution in [0, 0.1) is 17.6 Å². The fraction of sp³-hybridized carbons (Fsp3) is 0.263. The molecule has 8 rings (SSSR count). The van der Waals surface area contributed by atoms with Crippen molar-refractivity contribution in [3.63, 3.8) is 0 Å². The van der Waals surface area contributed by atoms with Gasteiger partial charge in [0.25, 0.3) is 12.3 Å². The SMILES string of the molecule is Cn1nc(NS(C)(=O)=O)c2c(Cl)ccc(-c3cc(-c4ccccc4Cl)cnc3C(Cc3cc(F)cc(F)c3)NC(=O)Cn3nc(C(F)F)c4c3C(F)(F)C3CC43)c21. The third kappa shape index (κ3) is 7.09. The fourth-order valence-corrected chi connectivity index (χ4v) is 8.77. The van der Waals surface area contributed by atoms with Crippen LogP contribution in [0.1, 0.15) is 53.0 Å². The second-order valence-electron chi connectivity index (χ2n) is 14.1. The molecular formula is C38H29Cl2F6N7O3S. The molecule has 1 fully saturated rings. The number of carbonyl (C=O) groups excluding carboxylic acids is 1. The van der Waals surface area contributed by atoms with Gasteiger partial charge in [0.05, 0.1) is 33.9 Å². The number of aromatic nitrogens is 5. The summed E-state index contributed by atoms with van der Waals surface area (Å²) in [5.74, 6) is -8.28. The van der Waals surface area contributed by atoms with Gasteiger partial charge in [0.1, 0.15) is 29.6 Å². The van der Waals surface area contributed by atoms with Gasteiger partial charge in [-0.05, 0) is 54.7 Å². The number of alkyl halides is 4. The van der Waals surface area contributed by atoms with Gasteiger partial charge < -0.3 is 5.32 Å². The number of halogens is 8. The molecule has 0 radical (unpaired) electrons. The molecule has 0 spiro atoms. The molecule has 3 atom stereocenters. The molecule has 3 aromatic heterocycles. The summed E-state index contributed by atoms with van der Waals surface area (Å²) in [4.78, 5) is 18.7. The number of aryl methyl sites for hydroxylation is 1. The molecule has 2 aliphatic carbocycles. The lowest BCUT2D eigenvalue weighted by atomic mass is 9.92. The van der Waals surface area contributed by atoms with Gasteiger partial charge >= 0.3 is 0 Å². The Morgan fingerprint density at radius 2 is 1.68 bits per heavy atom. The number of benzene rings is 3. The third-order valence-electron chi connectivity index (χ3n) is 10.1. The predicted molar refractivity (Wildman–Crippen MR) is 201 cm³/mol. The zero-order chi connectivity index (χ0) is 40.7. The van der Waals surface area contributed by atoms with Gasteiger partial charge in [-0.15, -0.1) is 0 Å². The molecule has 0 aliphatic heterocycles. The molecule has 19 heteroatoms. The second-order valence-corrected chi connectivity index (χ2v) is 16.6. The van der Waals surface area contributed by atoms with Gasteiger partial charge in [-0.25, -0.2) is 26.0 Å². The van der Waals surface area contributed by atoms with E-state index < -0.39 is 75.7 Å². The lowest BCUT2D eigenvalue weighted by molar-refractivity contribution is -0.123. The number of nitrogens with one attached hydrogen (secondary N) is 2. The largest absolute Gasteiger partial charge is 0.346 e. The van der Waals surface area contributed by atoms with Crippen LogP contribution in [-0.4, -0.2) is 45.1 Å². The van der Waals surface area contributed by atoms with Crippen LogP contribution in [0.4, 0.5) is 32.2 Å². The van der Waals surface area contributed by atoms with Crippen molar-refractivity contribution < 1.29 is 39.6 Å². The number of anilines is 1. The van der Waals surface area contributed by atoms with Crippen molar-refractivity contribution in [1.82, 2.24) is 29.9 Å². The summed E-state index contributed by atoms with van der Waals surface area (Å²) in [6, 6.07) is 13.2. The highest BCUT2D eigenvalue weighted by atomic mass is 35.5. The summed E-state index contributed by atoms with van der Waals surface area (Å²) in [5.41, 5.74) is 0.449. The van der Waals surface area contributed by atoms with E-state index in [0.29, 0.717) is 43.5 Å². The number of sulfonamides is 1. The Labute approximate surface area is 330 Å². The maximum atomic E-state index is 15.4. The second kappa shape index (κ2) is 14.1. The maximum Gasteiger partial charge on any atom is 0.293 e. The number of fused-ring (bicyclic) bond motifs is 4. The average Bonchev–Trinajstić information content (AvgIpc) is 3.66. The van der Waals surface area contributed by atoms with Gasteiger partial charge in [0.2, 0.25) is 15.9 Å². The van der Waals surface area contributed by atoms with E-state index in [9.17, 15) is 30.8 Å².